The molecule has 0 saturated carbocycles. The maximum absolute atomic E-state index is 11.6. The molecule has 0 aliphatic heterocycles. The predicted octanol–water partition coefficient (Wildman–Crippen LogP) is 1.27. The van der Waals surface area contributed by atoms with Gasteiger partial charge in [0.1, 0.15) is 0 Å². The van der Waals surface area contributed by atoms with Gasteiger partial charge in [0.25, 0.3) is 0 Å². The van der Waals surface area contributed by atoms with Crippen molar-refractivity contribution in [3.8, 4) is 0 Å². The first-order valence-electron chi connectivity index (χ1n) is 2.30. The Hall–Kier alpha value is -0.570. The highest BCUT2D eigenvalue weighted by atomic mass is 19.4. The van der Waals surface area contributed by atoms with Crippen molar-refractivity contribution in [3.63, 3.8) is 0 Å². The molecule has 0 amide bonds. The molecule has 0 atom stereocenters. The summed E-state index contributed by atoms with van der Waals surface area (Å²) in [7, 11) is 0. The summed E-state index contributed by atoms with van der Waals surface area (Å²) in [6.07, 6.45) is -11.5. The lowest BCUT2D eigenvalue weighted by Gasteiger charge is -2.23. The standard InChI is InChI=1S/C3H2F7NO/c4-1(5,2(6,7)12)11-3(8,9)10/h11-12H. The molecule has 0 aromatic rings. The molecule has 74 valence electrons. The van der Waals surface area contributed by atoms with Crippen LogP contribution in [-0.4, -0.2) is 23.6 Å². The van der Waals surface area contributed by atoms with Crippen molar-refractivity contribution < 1.29 is 35.8 Å². The maximum atomic E-state index is 11.6. The summed E-state index contributed by atoms with van der Waals surface area (Å²) in [6, 6.07) is -5.73. The molecular weight excluding hydrogens is 199 g/mol. The lowest BCUT2D eigenvalue weighted by Crippen LogP contribution is -2.56. The molecule has 0 heterocycles. The highest BCUT2D eigenvalue weighted by Gasteiger charge is 2.60. The largest absolute Gasteiger partial charge is 0.462 e. The molecule has 0 rings (SSSR count). The van der Waals surface area contributed by atoms with Crippen LogP contribution < -0.4 is 5.32 Å². The molecule has 0 saturated heterocycles. The van der Waals surface area contributed by atoms with Gasteiger partial charge >= 0.3 is 18.5 Å². The summed E-state index contributed by atoms with van der Waals surface area (Å²) in [5, 5.41) is 6.56. The zero-order valence-corrected chi connectivity index (χ0v) is 5.09. The van der Waals surface area contributed by atoms with E-state index in [-0.39, 0.29) is 0 Å². The SMILES string of the molecule is OC(F)(F)C(F)(F)NC(F)(F)F. The normalized spacial score (nSPS) is 15.0. The summed E-state index contributed by atoms with van der Waals surface area (Å²) in [4.78, 5) is 0. The molecule has 0 fully saturated rings. The van der Waals surface area contributed by atoms with Gasteiger partial charge in [-0.3, -0.25) is 0 Å². The molecule has 2 N–H and O–H groups in total. The van der Waals surface area contributed by atoms with Gasteiger partial charge < -0.3 is 5.11 Å². The molecule has 0 aliphatic carbocycles. The number of rotatable bonds is 2. The van der Waals surface area contributed by atoms with Crippen LogP contribution in [0, 0.1) is 0 Å². The van der Waals surface area contributed by atoms with Crippen molar-refractivity contribution in [2.24, 2.45) is 0 Å². The molecule has 0 unspecified atom stereocenters. The van der Waals surface area contributed by atoms with Gasteiger partial charge in [-0.05, 0) is 0 Å². The van der Waals surface area contributed by atoms with Gasteiger partial charge in [0, 0.05) is 0 Å². The average molecular weight is 201 g/mol. The van der Waals surface area contributed by atoms with Crippen LogP contribution in [0.1, 0.15) is 0 Å². The van der Waals surface area contributed by atoms with Gasteiger partial charge in [-0.25, -0.2) is 0 Å². The molecule has 0 bridgehead atoms. The fourth-order valence-corrected chi connectivity index (χ4v) is 0.253. The van der Waals surface area contributed by atoms with E-state index in [9.17, 15) is 30.7 Å². The van der Waals surface area contributed by atoms with Crippen LogP contribution in [0.4, 0.5) is 30.7 Å². The minimum atomic E-state index is -5.76. The molecule has 0 radical (unpaired) electrons. The van der Waals surface area contributed by atoms with E-state index in [1.165, 1.54) is 0 Å². The fourth-order valence-electron chi connectivity index (χ4n) is 0.253. The Morgan fingerprint density at radius 2 is 1.17 bits per heavy atom. The van der Waals surface area contributed by atoms with Crippen molar-refractivity contribution in [2.45, 2.75) is 18.5 Å². The Labute approximate surface area is 61.0 Å². The quantitative estimate of drug-likeness (QED) is 0.520. The second-order valence-corrected chi connectivity index (χ2v) is 1.74. The third-order valence-electron chi connectivity index (χ3n) is 0.676. The predicted molar refractivity (Wildman–Crippen MR) is 21.3 cm³/mol. The van der Waals surface area contributed by atoms with Gasteiger partial charge in [0.2, 0.25) is 0 Å². The number of hydrogen-bond acceptors (Lipinski definition) is 2. The molecule has 0 spiro atoms. The smallest absolute Gasteiger partial charge is 0.330 e. The lowest BCUT2D eigenvalue weighted by molar-refractivity contribution is -0.364. The third-order valence-corrected chi connectivity index (χ3v) is 0.676. The minimum absolute atomic E-state index is 0.698. The number of hydrogen-bond donors (Lipinski definition) is 2. The van der Waals surface area contributed by atoms with E-state index in [1.807, 2.05) is 0 Å². The van der Waals surface area contributed by atoms with E-state index in [0.29, 0.717) is 0 Å². The van der Waals surface area contributed by atoms with E-state index in [2.05, 4.69) is 0 Å². The van der Waals surface area contributed by atoms with E-state index >= 15 is 0 Å². The Kier molecular flexibility index (Phi) is 2.60. The van der Waals surface area contributed by atoms with Crippen molar-refractivity contribution in [1.29, 1.82) is 0 Å². The van der Waals surface area contributed by atoms with Crippen LogP contribution in [0.3, 0.4) is 0 Å². The monoisotopic (exact) mass is 201 g/mol. The summed E-state index contributed by atoms with van der Waals surface area (Å²) in [5.41, 5.74) is 0. The topological polar surface area (TPSA) is 32.3 Å². The van der Waals surface area contributed by atoms with Crippen LogP contribution in [0.5, 0.6) is 0 Å². The van der Waals surface area contributed by atoms with Gasteiger partial charge in [-0.15, -0.1) is 0 Å². The summed E-state index contributed by atoms with van der Waals surface area (Å²) >= 11 is 0. The van der Waals surface area contributed by atoms with Crippen molar-refractivity contribution in [3.05, 3.63) is 0 Å². The molecule has 0 aromatic heterocycles. The van der Waals surface area contributed by atoms with E-state index in [4.69, 9.17) is 5.11 Å². The first-order valence-corrected chi connectivity index (χ1v) is 2.30. The Morgan fingerprint density at radius 1 is 0.833 bits per heavy atom. The highest BCUT2D eigenvalue weighted by molar-refractivity contribution is 4.73. The second-order valence-electron chi connectivity index (χ2n) is 1.74. The van der Waals surface area contributed by atoms with Crippen LogP contribution >= 0.6 is 0 Å². The number of nitrogens with one attached hydrogen (secondary N) is 1. The molecule has 0 aromatic carbocycles. The van der Waals surface area contributed by atoms with Gasteiger partial charge in [-0.2, -0.15) is 36.0 Å². The Morgan fingerprint density at radius 3 is 1.25 bits per heavy atom. The Balaban J connectivity index is 4.44. The number of halogens is 7. The van der Waals surface area contributed by atoms with Crippen LogP contribution in [0.25, 0.3) is 0 Å². The fraction of sp³-hybridized carbons (Fsp3) is 1.00. The number of aliphatic hydroxyl groups is 1. The van der Waals surface area contributed by atoms with E-state index in [1.54, 1.807) is 0 Å². The van der Waals surface area contributed by atoms with Crippen LogP contribution in [-0.2, 0) is 0 Å². The van der Waals surface area contributed by atoms with Crippen LogP contribution in [0.2, 0.25) is 0 Å². The third kappa shape index (κ3) is 3.22. The van der Waals surface area contributed by atoms with Gasteiger partial charge in [-0.1, -0.05) is 0 Å². The summed E-state index contributed by atoms with van der Waals surface area (Å²) in [5.74, 6) is 0. The van der Waals surface area contributed by atoms with Crippen molar-refractivity contribution >= 4 is 0 Å². The summed E-state index contributed by atoms with van der Waals surface area (Å²) < 4.78 is 78.9. The second kappa shape index (κ2) is 2.73. The van der Waals surface area contributed by atoms with Gasteiger partial charge in [0.05, 0.1) is 0 Å². The van der Waals surface area contributed by atoms with E-state index < -0.39 is 23.8 Å². The highest BCUT2D eigenvalue weighted by Crippen LogP contribution is 2.31. The first-order chi connectivity index (χ1) is 4.96. The van der Waals surface area contributed by atoms with Gasteiger partial charge in [0.15, 0.2) is 0 Å². The van der Waals surface area contributed by atoms with E-state index in [0.717, 1.165) is 0 Å². The molecule has 9 heteroatoms. The molecule has 0 aliphatic rings. The average Bonchev–Trinajstić information content (AvgIpc) is 1.52. The lowest BCUT2D eigenvalue weighted by atomic mass is 10.5. The Bertz CT molecular complexity index is 157. The summed E-state index contributed by atoms with van der Waals surface area (Å²) in [6.45, 7) is 0. The van der Waals surface area contributed by atoms with Crippen LogP contribution in [0.15, 0.2) is 0 Å². The molecule has 12 heavy (non-hydrogen) atoms. The van der Waals surface area contributed by atoms with Crippen molar-refractivity contribution in [2.75, 3.05) is 0 Å². The maximum Gasteiger partial charge on any atom is 0.462 e. The zero-order chi connectivity index (χ0) is 10.2. The van der Waals surface area contributed by atoms with Crippen molar-refractivity contribution in [1.82, 2.24) is 5.32 Å². The number of alkyl halides is 7. The molecule has 2 nitrogen and oxygen atoms in total. The minimum Gasteiger partial charge on any atom is -0.330 e. The molecular formula is C3H2F7NO. The first kappa shape index (κ1) is 11.4. The zero-order valence-electron chi connectivity index (χ0n) is 5.09.